The Hall–Kier alpha value is -1.71. The molecule has 0 bridgehead atoms. The molecule has 0 radical (unpaired) electrons. The first kappa shape index (κ1) is 22.5. The number of nitrogens with one attached hydrogen (secondary N) is 1. The quantitative estimate of drug-likeness (QED) is 0.679. The summed E-state index contributed by atoms with van der Waals surface area (Å²) in [5, 5.41) is 3.40. The summed E-state index contributed by atoms with van der Waals surface area (Å²) in [6.45, 7) is 1.08. The lowest BCUT2D eigenvalue weighted by Gasteiger charge is -2.38. The minimum Gasteiger partial charge on any atom is -0.352 e. The summed E-state index contributed by atoms with van der Waals surface area (Å²) in [5.74, 6) is -0.525. The summed E-state index contributed by atoms with van der Waals surface area (Å²) < 4.78 is 40.9. The third kappa shape index (κ3) is 5.04. The number of hydrogen-bond acceptors (Lipinski definition) is 4. The van der Waals surface area contributed by atoms with Crippen LogP contribution in [0.2, 0.25) is 10.0 Å². The molecule has 10 heteroatoms. The smallest absolute Gasteiger partial charge is 0.244 e. The topological polar surface area (TPSA) is 69.7 Å². The SMILES string of the molecule is O=C(NC1CC1)[C@@H](c1ccc(F)cc1)N1CCN(S(=O)(=O)c2cc(Cl)ccc2Cl)CC1. The molecule has 4 rings (SSSR count). The number of amides is 1. The molecule has 1 amide bonds. The molecule has 1 atom stereocenters. The number of halogens is 3. The van der Waals surface area contributed by atoms with Crippen molar-refractivity contribution < 1.29 is 17.6 Å². The highest BCUT2D eigenvalue weighted by atomic mass is 35.5. The maximum absolute atomic E-state index is 13.4. The Morgan fingerprint density at radius 1 is 1.03 bits per heavy atom. The molecule has 2 aliphatic rings. The Labute approximate surface area is 191 Å². The van der Waals surface area contributed by atoms with Crippen molar-refractivity contribution in [2.45, 2.75) is 29.8 Å². The highest BCUT2D eigenvalue weighted by Crippen LogP contribution is 2.30. The van der Waals surface area contributed by atoms with E-state index in [4.69, 9.17) is 23.2 Å². The van der Waals surface area contributed by atoms with Crippen LogP contribution in [-0.4, -0.2) is 55.8 Å². The molecule has 2 fully saturated rings. The zero-order valence-corrected chi connectivity index (χ0v) is 18.9. The van der Waals surface area contributed by atoms with Crippen molar-refractivity contribution >= 4 is 39.1 Å². The van der Waals surface area contributed by atoms with Crippen LogP contribution in [0, 0.1) is 5.82 Å². The first-order valence-corrected chi connectivity index (χ1v) is 12.2. The largest absolute Gasteiger partial charge is 0.352 e. The molecule has 166 valence electrons. The van der Waals surface area contributed by atoms with Crippen molar-refractivity contribution in [3.8, 4) is 0 Å². The molecule has 1 aliphatic heterocycles. The summed E-state index contributed by atoms with van der Waals surface area (Å²) in [6, 6.07) is 9.76. The molecule has 1 aliphatic carbocycles. The van der Waals surface area contributed by atoms with Gasteiger partial charge >= 0.3 is 0 Å². The Bertz CT molecular complexity index is 1070. The zero-order chi connectivity index (χ0) is 22.2. The standard InChI is InChI=1S/C21H22Cl2FN3O3S/c22-15-3-8-18(23)19(13-15)31(29,30)27-11-9-26(10-12-27)20(21(28)25-17-6-7-17)14-1-4-16(24)5-2-14/h1-5,8,13,17,20H,6-7,9-12H2,(H,25,28)/t20-/m1/s1. The fourth-order valence-corrected chi connectivity index (χ4v) is 5.86. The van der Waals surface area contributed by atoms with Gasteiger partial charge in [0.15, 0.2) is 0 Å². The number of carbonyl (C=O) groups is 1. The predicted octanol–water partition coefficient (Wildman–Crippen LogP) is 3.46. The average molecular weight is 486 g/mol. The van der Waals surface area contributed by atoms with Crippen LogP contribution in [0.1, 0.15) is 24.4 Å². The van der Waals surface area contributed by atoms with Crippen molar-refractivity contribution in [2.75, 3.05) is 26.2 Å². The third-order valence-corrected chi connectivity index (χ3v) is 8.12. The van der Waals surface area contributed by atoms with Gasteiger partial charge < -0.3 is 5.32 Å². The molecular formula is C21H22Cl2FN3O3S. The molecular weight excluding hydrogens is 464 g/mol. The van der Waals surface area contributed by atoms with Crippen LogP contribution in [-0.2, 0) is 14.8 Å². The predicted molar refractivity (Wildman–Crippen MR) is 117 cm³/mol. The summed E-state index contributed by atoms with van der Waals surface area (Å²) in [5.41, 5.74) is 0.675. The van der Waals surface area contributed by atoms with Gasteiger partial charge in [-0.3, -0.25) is 9.69 Å². The number of benzene rings is 2. The molecule has 1 N–H and O–H groups in total. The van der Waals surface area contributed by atoms with Crippen LogP contribution in [0.5, 0.6) is 0 Å². The number of carbonyl (C=O) groups excluding carboxylic acids is 1. The van der Waals surface area contributed by atoms with E-state index in [1.54, 1.807) is 12.1 Å². The highest BCUT2D eigenvalue weighted by molar-refractivity contribution is 7.89. The van der Waals surface area contributed by atoms with Gasteiger partial charge in [-0.1, -0.05) is 35.3 Å². The summed E-state index contributed by atoms with van der Waals surface area (Å²) in [4.78, 5) is 14.8. The number of sulfonamides is 1. The molecule has 31 heavy (non-hydrogen) atoms. The summed E-state index contributed by atoms with van der Waals surface area (Å²) in [7, 11) is -3.82. The minimum absolute atomic E-state index is 0.0309. The minimum atomic E-state index is -3.82. The van der Waals surface area contributed by atoms with Crippen molar-refractivity contribution in [1.82, 2.24) is 14.5 Å². The van der Waals surface area contributed by atoms with E-state index in [1.807, 2.05) is 4.90 Å². The van der Waals surface area contributed by atoms with Crippen LogP contribution in [0.3, 0.4) is 0 Å². The number of hydrogen-bond donors (Lipinski definition) is 1. The van der Waals surface area contributed by atoms with Crippen molar-refractivity contribution in [1.29, 1.82) is 0 Å². The second-order valence-corrected chi connectivity index (χ2v) is 10.5. The molecule has 0 unspecified atom stereocenters. The van der Waals surface area contributed by atoms with Crippen molar-refractivity contribution in [2.24, 2.45) is 0 Å². The fourth-order valence-electron chi connectivity index (χ4n) is 3.70. The Morgan fingerprint density at radius 3 is 2.29 bits per heavy atom. The van der Waals surface area contributed by atoms with Crippen LogP contribution >= 0.6 is 23.2 Å². The summed E-state index contributed by atoms with van der Waals surface area (Å²) in [6.07, 6.45) is 1.91. The molecule has 1 heterocycles. The maximum Gasteiger partial charge on any atom is 0.244 e. The second-order valence-electron chi connectivity index (χ2n) is 7.75. The van der Waals surface area contributed by atoms with E-state index in [0.717, 1.165) is 12.8 Å². The van der Waals surface area contributed by atoms with Crippen LogP contribution in [0.25, 0.3) is 0 Å². The zero-order valence-electron chi connectivity index (χ0n) is 16.6. The van der Waals surface area contributed by atoms with E-state index in [-0.39, 0.29) is 45.8 Å². The normalized spacial score (nSPS) is 19.2. The lowest BCUT2D eigenvalue weighted by atomic mass is 10.0. The highest BCUT2D eigenvalue weighted by Gasteiger charge is 2.36. The van der Waals surface area contributed by atoms with Gasteiger partial charge in [-0.25, -0.2) is 12.8 Å². The van der Waals surface area contributed by atoms with Crippen LogP contribution in [0.4, 0.5) is 4.39 Å². The van der Waals surface area contributed by atoms with Gasteiger partial charge in [-0.15, -0.1) is 0 Å². The molecule has 2 aromatic rings. The van der Waals surface area contributed by atoms with Crippen molar-refractivity contribution in [3.05, 3.63) is 63.9 Å². The monoisotopic (exact) mass is 485 g/mol. The molecule has 1 saturated heterocycles. The second kappa shape index (κ2) is 9.03. The summed E-state index contributed by atoms with van der Waals surface area (Å²) >= 11 is 12.1. The Kier molecular flexibility index (Phi) is 6.55. The Balaban J connectivity index is 1.52. The van der Waals surface area contributed by atoms with E-state index >= 15 is 0 Å². The van der Waals surface area contributed by atoms with Gasteiger partial charge in [0.05, 0.1) is 5.02 Å². The first-order chi connectivity index (χ1) is 14.8. The van der Waals surface area contributed by atoms with E-state index in [0.29, 0.717) is 18.7 Å². The van der Waals surface area contributed by atoms with Gasteiger partial charge in [-0.05, 0) is 48.7 Å². The van der Waals surface area contributed by atoms with Gasteiger partial charge in [-0.2, -0.15) is 4.31 Å². The molecule has 1 saturated carbocycles. The lowest BCUT2D eigenvalue weighted by Crippen LogP contribution is -2.52. The molecule has 0 spiro atoms. The maximum atomic E-state index is 13.4. The van der Waals surface area contributed by atoms with E-state index in [2.05, 4.69) is 5.32 Å². The number of nitrogens with zero attached hydrogens (tertiary/aromatic N) is 2. The third-order valence-electron chi connectivity index (χ3n) is 5.51. The lowest BCUT2D eigenvalue weighted by molar-refractivity contribution is -0.127. The first-order valence-electron chi connectivity index (χ1n) is 10.0. The molecule has 6 nitrogen and oxygen atoms in total. The number of piperazine rings is 1. The van der Waals surface area contributed by atoms with Gasteiger partial charge in [0, 0.05) is 37.2 Å². The van der Waals surface area contributed by atoms with Crippen LogP contribution in [0.15, 0.2) is 47.4 Å². The van der Waals surface area contributed by atoms with E-state index < -0.39 is 16.1 Å². The average Bonchev–Trinajstić information content (AvgIpc) is 3.56. The van der Waals surface area contributed by atoms with Gasteiger partial charge in [0.2, 0.25) is 15.9 Å². The molecule has 2 aromatic carbocycles. The van der Waals surface area contributed by atoms with Crippen LogP contribution < -0.4 is 5.32 Å². The Morgan fingerprint density at radius 2 is 1.68 bits per heavy atom. The van der Waals surface area contributed by atoms with Crippen molar-refractivity contribution in [3.63, 3.8) is 0 Å². The van der Waals surface area contributed by atoms with Gasteiger partial charge in [0.25, 0.3) is 0 Å². The number of rotatable bonds is 6. The molecule has 0 aromatic heterocycles. The van der Waals surface area contributed by atoms with Gasteiger partial charge in [0.1, 0.15) is 16.8 Å². The van der Waals surface area contributed by atoms with E-state index in [9.17, 15) is 17.6 Å². The van der Waals surface area contributed by atoms with E-state index in [1.165, 1.54) is 34.6 Å². The fraction of sp³-hybridized carbons (Fsp3) is 0.381.